The second-order valence-electron chi connectivity index (χ2n) is 5.10. The van der Waals surface area contributed by atoms with E-state index in [1.54, 1.807) is 6.21 Å². The maximum absolute atomic E-state index is 9.40. The molecule has 0 saturated carbocycles. The Bertz CT molecular complexity index is 765. The lowest BCUT2D eigenvalue weighted by atomic mass is 10.1. The average molecular weight is 435 g/mol. The van der Waals surface area contributed by atoms with Gasteiger partial charge >= 0.3 is 0 Å². The molecule has 0 atom stereocenters. The summed E-state index contributed by atoms with van der Waals surface area (Å²) in [6.07, 6.45) is 3.75. The van der Waals surface area contributed by atoms with Crippen molar-refractivity contribution >= 4 is 52.6 Å². The number of benzene rings is 2. The fraction of sp³-hybridized carbons (Fsp3) is 0.167. The number of ether oxygens (including phenoxy) is 1. The Hall–Kier alpha value is -1.59. The molecule has 0 aliphatic rings. The minimum atomic E-state index is -0.00430. The predicted molar refractivity (Wildman–Crippen MR) is 107 cm³/mol. The predicted octanol–water partition coefficient (Wildman–Crippen LogP) is 5.99. The van der Waals surface area contributed by atoms with Gasteiger partial charge < -0.3 is 14.7 Å². The molecule has 0 spiro atoms. The minimum absolute atomic E-state index is 0.00430. The van der Waals surface area contributed by atoms with E-state index < -0.39 is 0 Å². The van der Waals surface area contributed by atoms with E-state index in [1.165, 1.54) is 18.2 Å². The van der Waals surface area contributed by atoms with Crippen LogP contribution in [0.2, 0.25) is 10.0 Å². The first-order valence-corrected chi connectivity index (χ1v) is 9.03. The number of hydrogen-bond acceptors (Lipinski definition) is 4. The highest BCUT2D eigenvalue weighted by Crippen LogP contribution is 2.36. The Morgan fingerprint density at radius 2 is 1.73 bits per heavy atom. The molecule has 1 N–H and O–H groups in total. The van der Waals surface area contributed by atoms with Crippen LogP contribution in [0.3, 0.4) is 0 Å². The van der Waals surface area contributed by atoms with Gasteiger partial charge in [-0.2, -0.15) is 0 Å². The molecule has 0 aliphatic carbocycles. The van der Waals surface area contributed by atoms with Gasteiger partial charge in [0.05, 0.1) is 22.9 Å². The smallest absolute Gasteiger partial charge is 0.156 e. The van der Waals surface area contributed by atoms with Gasteiger partial charge in [-0.05, 0) is 17.2 Å². The highest BCUT2D eigenvalue weighted by Gasteiger charge is 2.09. The lowest BCUT2D eigenvalue weighted by Crippen LogP contribution is -2.02. The van der Waals surface area contributed by atoms with Gasteiger partial charge in [0.25, 0.3) is 0 Å². The summed E-state index contributed by atoms with van der Waals surface area (Å²) in [5.74, 6) is 0.355. The van der Waals surface area contributed by atoms with Gasteiger partial charge in [-0.15, -0.1) is 0 Å². The van der Waals surface area contributed by atoms with Gasteiger partial charge in [0.15, 0.2) is 5.75 Å². The molecular formula is C18H15Cl4NO3. The van der Waals surface area contributed by atoms with Crippen molar-refractivity contribution in [2.75, 3.05) is 13.2 Å². The summed E-state index contributed by atoms with van der Waals surface area (Å²) in [5.41, 5.74) is 1.96. The number of aromatic hydroxyl groups is 1. The molecule has 2 rings (SSSR count). The highest BCUT2D eigenvalue weighted by atomic mass is 35.5. The van der Waals surface area contributed by atoms with Gasteiger partial charge in [0, 0.05) is 18.6 Å². The molecule has 0 amide bonds. The van der Waals surface area contributed by atoms with Crippen LogP contribution in [0.25, 0.3) is 0 Å². The van der Waals surface area contributed by atoms with Crippen LogP contribution < -0.4 is 4.74 Å². The quantitative estimate of drug-likeness (QED) is 0.315. The zero-order valence-electron chi connectivity index (χ0n) is 13.5. The van der Waals surface area contributed by atoms with E-state index in [1.807, 2.05) is 24.3 Å². The van der Waals surface area contributed by atoms with Gasteiger partial charge in [0.2, 0.25) is 0 Å². The molecule has 0 saturated heterocycles. The molecule has 2 aromatic rings. The van der Waals surface area contributed by atoms with Crippen molar-refractivity contribution in [2.45, 2.75) is 6.42 Å². The van der Waals surface area contributed by atoms with Crippen LogP contribution in [-0.2, 0) is 11.3 Å². The van der Waals surface area contributed by atoms with E-state index >= 15 is 0 Å². The van der Waals surface area contributed by atoms with Crippen LogP contribution in [0.4, 0.5) is 0 Å². The van der Waals surface area contributed by atoms with E-state index in [0.717, 1.165) is 11.1 Å². The standard InChI is InChI=1S/C18H15Cl4NO3/c19-15-9-14(24)10-16(20)18(15)25-7-5-12-1-3-13(4-2-12)11-23-26-8-6-17(21)22/h1-4,6,9-11,24H,5,7-8H2/b23-11+. The Kier molecular flexibility index (Phi) is 8.39. The maximum atomic E-state index is 9.40. The zero-order valence-corrected chi connectivity index (χ0v) is 16.5. The zero-order chi connectivity index (χ0) is 18.9. The van der Waals surface area contributed by atoms with Crippen molar-refractivity contribution < 1.29 is 14.7 Å². The Morgan fingerprint density at radius 1 is 1.08 bits per heavy atom. The Morgan fingerprint density at radius 3 is 2.35 bits per heavy atom. The summed E-state index contributed by atoms with van der Waals surface area (Å²) in [6.45, 7) is 0.600. The summed E-state index contributed by atoms with van der Waals surface area (Å²) in [5, 5.41) is 13.8. The van der Waals surface area contributed by atoms with Crippen LogP contribution >= 0.6 is 46.4 Å². The maximum Gasteiger partial charge on any atom is 0.156 e. The molecular weight excluding hydrogens is 420 g/mol. The molecule has 0 heterocycles. The van der Waals surface area contributed by atoms with Crippen LogP contribution in [-0.4, -0.2) is 24.5 Å². The molecule has 138 valence electrons. The van der Waals surface area contributed by atoms with Crippen molar-refractivity contribution in [1.29, 1.82) is 0 Å². The largest absolute Gasteiger partial charge is 0.508 e. The van der Waals surface area contributed by atoms with E-state index in [4.69, 9.17) is 56.0 Å². The van der Waals surface area contributed by atoms with Crippen molar-refractivity contribution in [3.05, 3.63) is 68.1 Å². The van der Waals surface area contributed by atoms with Gasteiger partial charge in [-0.1, -0.05) is 75.8 Å². The first-order valence-electron chi connectivity index (χ1n) is 7.52. The second kappa shape index (κ2) is 10.5. The number of halogens is 4. The average Bonchev–Trinajstić information content (AvgIpc) is 2.58. The molecule has 8 heteroatoms. The third-order valence-corrected chi connectivity index (χ3v) is 4.06. The first kappa shape index (κ1) is 20.7. The summed E-state index contributed by atoms with van der Waals surface area (Å²) < 4.78 is 5.76. The SMILES string of the molecule is Oc1cc(Cl)c(OCCc2ccc(/C=N/OCC=C(Cl)Cl)cc2)c(Cl)c1. The molecule has 0 unspecified atom stereocenters. The molecule has 0 fully saturated rings. The molecule has 0 bridgehead atoms. The summed E-state index contributed by atoms with van der Waals surface area (Å²) >= 11 is 22.9. The van der Waals surface area contributed by atoms with Crippen molar-refractivity contribution in [1.82, 2.24) is 0 Å². The molecule has 26 heavy (non-hydrogen) atoms. The van der Waals surface area contributed by atoms with Crippen LogP contribution in [0.1, 0.15) is 11.1 Å². The van der Waals surface area contributed by atoms with E-state index in [0.29, 0.717) is 18.8 Å². The number of hydrogen-bond donors (Lipinski definition) is 1. The summed E-state index contributed by atoms with van der Waals surface area (Å²) in [7, 11) is 0. The van der Waals surface area contributed by atoms with E-state index in [2.05, 4.69) is 5.16 Å². The topological polar surface area (TPSA) is 51.0 Å². The van der Waals surface area contributed by atoms with Crippen LogP contribution in [0, 0.1) is 0 Å². The van der Waals surface area contributed by atoms with Crippen molar-refractivity contribution in [3.63, 3.8) is 0 Å². The van der Waals surface area contributed by atoms with Gasteiger partial charge in [-0.3, -0.25) is 0 Å². The number of phenolic OH excluding ortho intramolecular Hbond substituents is 1. The third-order valence-electron chi connectivity index (χ3n) is 3.19. The monoisotopic (exact) mass is 433 g/mol. The van der Waals surface area contributed by atoms with Crippen molar-refractivity contribution in [2.24, 2.45) is 5.16 Å². The minimum Gasteiger partial charge on any atom is -0.508 e. The second-order valence-corrected chi connectivity index (χ2v) is 6.92. The van der Waals surface area contributed by atoms with Crippen LogP contribution in [0.5, 0.6) is 11.5 Å². The number of oxime groups is 1. The normalized spacial score (nSPS) is 10.8. The summed E-state index contributed by atoms with van der Waals surface area (Å²) in [4.78, 5) is 4.98. The molecule has 4 nitrogen and oxygen atoms in total. The number of nitrogens with zero attached hydrogens (tertiary/aromatic N) is 1. The fourth-order valence-electron chi connectivity index (χ4n) is 1.97. The van der Waals surface area contributed by atoms with Crippen LogP contribution in [0.15, 0.2) is 52.1 Å². The lowest BCUT2D eigenvalue weighted by molar-refractivity contribution is 0.176. The van der Waals surface area contributed by atoms with E-state index in [-0.39, 0.29) is 26.9 Å². The number of rotatable bonds is 8. The number of phenols is 1. The molecule has 2 aromatic carbocycles. The molecule has 0 radical (unpaired) electrons. The highest BCUT2D eigenvalue weighted by molar-refractivity contribution is 6.55. The Labute approximate surface area is 171 Å². The van der Waals surface area contributed by atoms with E-state index in [9.17, 15) is 5.11 Å². The summed E-state index contributed by atoms with van der Waals surface area (Å²) in [6, 6.07) is 10.5. The first-order chi connectivity index (χ1) is 12.5. The van der Waals surface area contributed by atoms with Gasteiger partial charge in [0.1, 0.15) is 16.8 Å². The molecule has 0 aromatic heterocycles. The third kappa shape index (κ3) is 6.96. The molecule has 0 aliphatic heterocycles. The van der Waals surface area contributed by atoms with Crippen molar-refractivity contribution in [3.8, 4) is 11.5 Å². The Balaban J connectivity index is 1.82. The van der Waals surface area contributed by atoms with Gasteiger partial charge in [-0.25, -0.2) is 0 Å². The lowest BCUT2D eigenvalue weighted by Gasteiger charge is -2.10. The fourth-order valence-corrected chi connectivity index (χ4v) is 2.68.